The van der Waals surface area contributed by atoms with Crippen molar-refractivity contribution in [3.63, 3.8) is 0 Å². The van der Waals surface area contributed by atoms with Gasteiger partial charge in [0.25, 0.3) is 0 Å². The molecule has 3 rings (SSSR count). The maximum atomic E-state index is 4.69. The maximum absolute atomic E-state index is 4.69. The first-order valence-electron chi connectivity index (χ1n) is 7.73. The normalized spacial score (nSPS) is 15.9. The number of aromatic nitrogens is 2. The van der Waals surface area contributed by atoms with Gasteiger partial charge in [0, 0.05) is 35.0 Å². The molecule has 1 aliphatic rings. The second-order valence-electron chi connectivity index (χ2n) is 5.99. The fourth-order valence-corrected chi connectivity index (χ4v) is 2.93. The molecule has 0 radical (unpaired) electrons. The molecule has 1 aliphatic heterocycles. The van der Waals surface area contributed by atoms with Crippen LogP contribution >= 0.6 is 15.9 Å². The van der Waals surface area contributed by atoms with Gasteiger partial charge >= 0.3 is 0 Å². The Morgan fingerprint density at radius 1 is 1.14 bits per heavy atom. The van der Waals surface area contributed by atoms with Crippen molar-refractivity contribution < 1.29 is 0 Å². The van der Waals surface area contributed by atoms with Crippen LogP contribution in [0.15, 0.2) is 34.8 Å². The number of hydrogen-bond donors (Lipinski definition) is 1. The quantitative estimate of drug-likeness (QED) is 0.872. The van der Waals surface area contributed by atoms with Gasteiger partial charge in [0.15, 0.2) is 0 Å². The van der Waals surface area contributed by atoms with Crippen LogP contribution in [0, 0.1) is 12.8 Å². The molecule has 5 heteroatoms. The Kier molecular flexibility index (Phi) is 4.62. The first-order chi connectivity index (χ1) is 10.6. The zero-order valence-corrected chi connectivity index (χ0v) is 14.6. The van der Waals surface area contributed by atoms with E-state index in [0.29, 0.717) is 5.95 Å². The second kappa shape index (κ2) is 6.65. The van der Waals surface area contributed by atoms with Gasteiger partial charge in [-0.15, -0.1) is 0 Å². The van der Waals surface area contributed by atoms with Crippen LogP contribution in [0.1, 0.15) is 25.5 Å². The fourth-order valence-electron chi connectivity index (χ4n) is 2.67. The minimum absolute atomic E-state index is 0.663. The SMILES string of the molecule is Cc1cc(N2CCC(C)CC2)nc(Nc2ccc(Br)cc2)n1. The fraction of sp³-hybridized carbons (Fsp3) is 0.412. The van der Waals surface area contributed by atoms with E-state index in [9.17, 15) is 0 Å². The van der Waals surface area contributed by atoms with Crippen LogP contribution in [-0.4, -0.2) is 23.1 Å². The highest BCUT2D eigenvalue weighted by Crippen LogP contribution is 2.24. The Hall–Kier alpha value is -1.62. The van der Waals surface area contributed by atoms with E-state index in [1.807, 2.05) is 31.2 Å². The highest BCUT2D eigenvalue weighted by atomic mass is 79.9. The van der Waals surface area contributed by atoms with Crippen LogP contribution in [0.2, 0.25) is 0 Å². The molecule has 0 spiro atoms. The molecule has 0 saturated carbocycles. The monoisotopic (exact) mass is 360 g/mol. The largest absolute Gasteiger partial charge is 0.356 e. The van der Waals surface area contributed by atoms with Crippen molar-refractivity contribution in [1.29, 1.82) is 0 Å². The Morgan fingerprint density at radius 3 is 2.50 bits per heavy atom. The highest BCUT2D eigenvalue weighted by Gasteiger charge is 2.18. The van der Waals surface area contributed by atoms with Crippen LogP contribution < -0.4 is 10.2 Å². The van der Waals surface area contributed by atoms with Crippen molar-refractivity contribution in [2.75, 3.05) is 23.3 Å². The number of hydrogen-bond acceptors (Lipinski definition) is 4. The average Bonchev–Trinajstić information content (AvgIpc) is 2.50. The first-order valence-corrected chi connectivity index (χ1v) is 8.53. The summed E-state index contributed by atoms with van der Waals surface area (Å²) in [5.74, 6) is 2.51. The predicted molar refractivity (Wildman–Crippen MR) is 94.8 cm³/mol. The van der Waals surface area contributed by atoms with E-state index < -0.39 is 0 Å². The molecular formula is C17H21BrN4. The molecule has 0 unspecified atom stereocenters. The number of rotatable bonds is 3. The smallest absolute Gasteiger partial charge is 0.229 e. The molecule has 116 valence electrons. The van der Waals surface area contributed by atoms with Crippen molar-refractivity contribution in [2.45, 2.75) is 26.7 Å². The van der Waals surface area contributed by atoms with Crippen molar-refractivity contribution in [3.8, 4) is 0 Å². The van der Waals surface area contributed by atoms with Gasteiger partial charge in [0.1, 0.15) is 5.82 Å². The summed E-state index contributed by atoms with van der Waals surface area (Å²) in [7, 11) is 0. The summed E-state index contributed by atoms with van der Waals surface area (Å²) in [5.41, 5.74) is 1.98. The number of nitrogens with zero attached hydrogens (tertiary/aromatic N) is 3. The van der Waals surface area contributed by atoms with Gasteiger partial charge in [-0.2, -0.15) is 4.98 Å². The number of piperidine rings is 1. The van der Waals surface area contributed by atoms with Crippen molar-refractivity contribution in [3.05, 3.63) is 40.5 Å². The van der Waals surface area contributed by atoms with Gasteiger partial charge in [0.2, 0.25) is 5.95 Å². The summed E-state index contributed by atoms with van der Waals surface area (Å²) >= 11 is 3.45. The molecule has 2 aromatic rings. The average molecular weight is 361 g/mol. The minimum Gasteiger partial charge on any atom is -0.356 e. The second-order valence-corrected chi connectivity index (χ2v) is 6.91. The van der Waals surface area contributed by atoms with Gasteiger partial charge in [-0.3, -0.25) is 0 Å². The number of benzene rings is 1. The van der Waals surface area contributed by atoms with E-state index in [2.05, 4.69) is 44.1 Å². The molecule has 1 aromatic carbocycles. The van der Waals surface area contributed by atoms with Crippen molar-refractivity contribution >= 4 is 33.4 Å². The van der Waals surface area contributed by atoms with E-state index in [1.54, 1.807) is 0 Å². The minimum atomic E-state index is 0.663. The summed E-state index contributed by atoms with van der Waals surface area (Å²) < 4.78 is 1.06. The van der Waals surface area contributed by atoms with Crippen molar-refractivity contribution in [2.24, 2.45) is 5.92 Å². The molecule has 22 heavy (non-hydrogen) atoms. The van der Waals surface area contributed by atoms with Gasteiger partial charge < -0.3 is 10.2 Å². The Labute approximate surface area is 140 Å². The summed E-state index contributed by atoms with van der Waals surface area (Å²) in [6.45, 7) is 6.50. The predicted octanol–water partition coefficient (Wildman–Crippen LogP) is 4.53. The topological polar surface area (TPSA) is 41.1 Å². The van der Waals surface area contributed by atoms with Crippen LogP contribution in [0.3, 0.4) is 0 Å². The number of halogens is 1. The Bertz CT molecular complexity index is 634. The molecular weight excluding hydrogens is 340 g/mol. The van der Waals surface area contributed by atoms with E-state index in [4.69, 9.17) is 4.98 Å². The Morgan fingerprint density at radius 2 is 1.82 bits per heavy atom. The summed E-state index contributed by atoms with van der Waals surface area (Å²) in [6, 6.07) is 10.1. The molecule has 1 N–H and O–H groups in total. The zero-order valence-electron chi connectivity index (χ0n) is 13.0. The number of nitrogens with one attached hydrogen (secondary N) is 1. The number of anilines is 3. The first kappa shape index (κ1) is 15.3. The third kappa shape index (κ3) is 3.77. The van der Waals surface area contributed by atoms with Crippen LogP contribution in [0.25, 0.3) is 0 Å². The van der Waals surface area contributed by atoms with E-state index in [0.717, 1.165) is 40.7 Å². The molecule has 0 amide bonds. The zero-order chi connectivity index (χ0) is 15.5. The molecule has 1 saturated heterocycles. The molecule has 4 nitrogen and oxygen atoms in total. The number of aryl methyl sites for hydroxylation is 1. The molecule has 0 bridgehead atoms. The van der Waals surface area contributed by atoms with E-state index in [1.165, 1.54) is 12.8 Å². The van der Waals surface area contributed by atoms with Gasteiger partial charge in [-0.05, 0) is 49.9 Å². The van der Waals surface area contributed by atoms with E-state index >= 15 is 0 Å². The molecule has 1 fully saturated rings. The maximum Gasteiger partial charge on any atom is 0.229 e. The van der Waals surface area contributed by atoms with Gasteiger partial charge in [-0.1, -0.05) is 22.9 Å². The van der Waals surface area contributed by atoms with Gasteiger partial charge in [-0.25, -0.2) is 4.98 Å². The highest BCUT2D eigenvalue weighted by molar-refractivity contribution is 9.10. The standard InChI is InChI=1S/C17H21BrN4/c1-12-7-9-22(10-8-12)16-11-13(2)19-17(21-16)20-15-5-3-14(18)4-6-15/h3-6,11-12H,7-10H2,1-2H3,(H,19,20,21). The lowest BCUT2D eigenvalue weighted by atomic mass is 9.99. The van der Waals surface area contributed by atoms with Crippen LogP contribution in [0.5, 0.6) is 0 Å². The molecule has 1 aromatic heterocycles. The lowest BCUT2D eigenvalue weighted by Crippen LogP contribution is -2.33. The summed E-state index contributed by atoms with van der Waals surface area (Å²) in [5, 5.41) is 3.29. The Balaban J connectivity index is 1.79. The van der Waals surface area contributed by atoms with Crippen LogP contribution in [-0.2, 0) is 0 Å². The van der Waals surface area contributed by atoms with E-state index in [-0.39, 0.29) is 0 Å². The third-order valence-electron chi connectivity index (χ3n) is 4.05. The molecule has 0 atom stereocenters. The van der Waals surface area contributed by atoms with Gasteiger partial charge in [0.05, 0.1) is 0 Å². The lowest BCUT2D eigenvalue weighted by molar-refractivity contribution is 0.436. The van der Waals surface area contributed by atoms with Crippen LogP contribution in [0.4, 0.5) is 17.5 Å². The summed E-state index contributed by atoms with van der Waals surface area (Å²) in [4.78, 5) is 11.6. The summed E-state index contributed by atoms with van der Waals surface area (Å²) in [6.07, 6.45) is 2.47. The van der Waals surface area contributed by atoms with Crippen molar-refractivity contribution in [1.82, 2.24) is 9.97 Å². The third-order valence-corrected chi connectivity index (χ3v) is 4.58. The molecule has 0 aliphatic carbocycles. The lowest BCUT2D eigenvalue weighted by Gasteiger charge is -2.31. The molecule has 2 heterocycles.